The monoisotopic (exact) mass is 281 g/mol. The fourth-order valence-electron chi connectivity index (χ4n) is 1.47. The van der Waals surface area contributed by atoms with Crippen LogP contribution in [0.4, 0.5) is 5.69 Å². The summed E-state index contributed by atoms with van der Waals surface area (Å²) in [7, 11) is 0. The molecule has 0 atom stereocenters. The molecule has 5 heteroatoms. The van der Waals surface area contributed by atoms with Crippen LogP contribution in [-0.2, 0) is 0 Å². The molecule has 2 rings (SSSR count). The van der Waals surface area contributed by atoms with Gasteiger partial charge in [0, 0.05) is 0 Å². The number of rotatable bonds is 4. The van der Waals surface area contributed by atoms with Gasteiger partial charge in [0.2, 0.25) is 0 Å². The second kappa shape index (κ2) is 5.89. The molecular formula is C13H12ClNO2S. The van der Waals surface area contributed by atoms with E-state index in [1.807, 2.05) is 25.1 Å². The van der Waals surface area contributed by atoms with E-state index >= 15 is 0 Å². The van der Waals surface area contributed by atoms with E-state index in [4.69, 9.17) is 16.3 Å². The minimum absolute atomic E-state index is 0.181. The Balaban J connectivity index is 2.16. The number of anilines is 1. The molecule has 1 heterocycles. The molecular weight excluding hydrogens is 270 g/mol. The first-order valence-corrected chi connectivity index (χ1v) is 6.68. The van der Waals surface area contributed by atoms with Crippen LogP contribution in [0, 0.1) is 0 Å². The SMILES string of the molecule is CCOc1ccccc1NC(=O)c1ccc(Cl)s1. The molecule has 0 radical (unpaired) electrons. The van der Waals surface area contributed by atoms with Gasteiger partial charge in [-0.2, -0.15) is 0 Å². The lowest BCUT2D eigenvalue weighted by Gasteiger charge is -2.10. The van der Waals surface area contributed by atoms with Crippen LogP contribution in [0.5, 0.6) is 5.75 Å². The quantitative estimate of drug-likeness (QED) is 0.918. The summed E-state index contributed by atoms with van der Waals surface area (Å²) < 4.78 is 6.04. The summed E-state index contributed by atoms with van der Waals surface area (Å²) in [6, 6.07) is 10.7. The van der Waals surface area contributed by atoms with Crippen LogP contribution in [0.25, 0.3) is 0 Å². The number of para-hydroxylation sites is 2. The highest BCUT2D eigenvalue weighted by Gasteiger charge is 2.11. The molecule has 1 N–H and O–H groups in total. The zero-order chi connectivity index (χ0) is 13.0. The van der Waals surface area contributed by atoms with Crippen LogP contribution in [-0.4, -0.2) is 12.5 Å². The predicted octanol–water partition coefficient (Wildman–Crippen LogP) is 4.05. The van der Waals surface area contributed by atoms with Gasteiger partial charge in [0.05, 0.1) is 21.5 Å². The first-order valence-electron chi connectivity index (χ1n) is 5.49. The summed E-state index contributed by atoms with van der Waals surface area (Å²) in [5.74, 6) is 0.482. The molecule has 0 bridgehead atoms. The zero-order valence-electron chi connectivity index (χ0n) is 9.77. The van der Waals surface area contributed by atoms with Crippen molar-refractivity contribution >= 4 is 34.5 Å². The average Bonchev–Trinajstić information content (AvgIpc) is 2.79. The Morgan fingerprint density at radius 2 is 2.11 bits per heavy atom. The Kier molecular flexibility index (Phi) is 4.23. The van der Waals surface area contributed by atoms with Crippen molar-refractivity contribution in [1.82, 2.24) is 0 Å². The first-order chi connectivity index (χ1) is 8.70. The van der Waals surface area contributed by atoms with Gasteiger partial charge in [0.25, 0.3) is 5.91 Å². The van der Waals surface area contributed by atoms with Crippen LogP contribution < -0.4 is 10.1 Å². The molecule has 0 unspecified atom stereocenters. The maximum Gasteiger partial charge on any atom is 0.265 e. The van der Waals surface area contributed by atoms with Crippen molar-refractivity contribution in [3.8, 4) is 5.75 Å². The first kappa shape index (κ1) is 12.9. The van der Waals surface area contributed by atoms with Crippen LogP contribution in [0.3, 0.4) is 0 Å². The van der Waals surface area contributed by atoms with E-state index in [0.29, 0.717) is 27.3 Å². The van der Waals surface area contributed by atoms with Gasteiger partial charge in [-0.25, -0.2) is 0 Å². The Morgan fingerprint density at radius 3 is 2.78 bits per heavy atom. The van der Waals surface area contributed by atoms with Gasteiger partial charge in [-0.05, 0) is 31.2 Å². The maximum absolute atomic E-state index is 12.0. The molecule has 0 aliphatic carbocycles. The molecule has 1 aromatic carbocycles. The van der Waals surface area contributed by atoms with Crippen molar-refractivity contribution in [3.63, 3.8) is 0 Å². The minimum Gasteiger partial charge on any atom is -0.492 e. The van der Waals surface area contributed by atoms with E-state index in [1.165, 1.54) is 11.3 Å². The molecule has 0 saturated heterocycles. The van der Waals surface area contributed by atoms with Crippen molar-refractivity contribution in [2.24, 2.45) is 0 Å². The fourth-order valence-corrected chi connectivity index (χ4v) is 2.41. The van der Waals surface area contributed by atoms with Crippen molar-refractivity contribution in [2.45, 2.75) is 6.92 Å². The lowest BCUT2D eigenvalue weighted by molar-refractivity contribution is 0.103. The van der Waals surface area contributed by atoms with E-state index in [0.717, 1.165) is 0 Å². The molecule has 0 spiro atoms. The molecule has 1 aromatic heterocycles. The third-order valence-electron chi connectivity index (χ3n) is 2.23. The largest absolute Gasteiger partial charge is 0.492 e. The van der Waals surface area contributed by atoms with E-state index in [1.54, 1.807) is 18.2 Å². The molecule has 1 amide bonds. The fraction of sp³-hybridized carbons (Fsp3) is 0.154. The lowest BCUT2D eigenvalue weighted by atomic mass is 10.3. The second-order valence-corrected chi connectivity index (χ2v) is 5.20. The Morgan fingerprint density at radius 1 is 1.33 bits per heavy atom. The molecule has 0 aliphatic heterocycles. The summed E-state index contributed by atoms with van der Waals surface area (Å²) in [4.78, 5) is 12.5. The zero-order valence-corrected chi connectivity index (χ0v) is 11.3. The van der Waals surface area contributed by atoms with Gasteiger partial charge in [-0.15, -0.1) is 11.3 Å². The van der Waals surface area contributed by atoms with Gasteiger partial charge in [0.15, 0.2) is 0 Å². The molecule has 0 aliphatic rings. The van der Waals surface area contributed by atoms with Crippen LogP contribution in [0.2, 0.25) is 4.34 Å². The van der Waals surface area contributed by atoms with Crippen molar-refractivity contribution in [2.75, 3.05) is 11.9 Å². The summed E-state index contributed by atoms with van der Waals surface area (Å²) in [6.07, 6.45) is 0. The van der Waals surface area contributed by atoms with Crippen molar-refractivity contribution < 1.29 is 9.53 Å². The number of nitrogens with one attached hydrogen (secondary N) is 1. The highest BCUT2D eigenvalue weighted by Crippen LogP contribution is 2.26. The van der Waals surface area contributed by atoms with Gasteiger partial charge in [0.1, 0.15) is 5.75 Å². The van der Waals surface area contributed by atoms with E-state index in [9.17, 15) is 4.79 Å². The van der Waals surface area contributed by atoms with E-state index < -0.39 is 0 Å². The Hall–Kier alpha value is -1.52. The Bertz CT molecular complexity index is 553. The number of hydrogen-bond donors (Lipinski definition) is 1. The Labute approximate surface area is 114 Å². The molecule has 3 nitrogen and oxygen atoms in total. The van der Waals surface area contributed by atoms with Gasteiger partial charge in [-0.3, -0.25) is 4.79 Å². The summed E-state index contributed by atoms with van der Waals surface area (Å²) in [5.41, 5.74) is 0.661. The van der Waals surface area contributed by atoms with Crippen molar-refractivity contribution in [3.05, 3.63) is 45.6 Å². The number of hydrogen-bond acceptors (Lipinski definition) is 3. The standard InChI is InChI=1S/C13H12ClNO2S/c1-2-17-10-6-4-3-5-9(10)15-13(16)11-7-8-12(14)18-11/h3-8H,2H2,1H3,(H,15,16). The normalized spacial score (nSPS) is 10.1. The highest BCUT2D eigenvalue weighted by atomic mass is 35.5. The second-order valence-electron chi connectivity index (χ2n) is 3.49. The number of amides is 1. The summed E-state index contributed by atoms with van der Waals surface area (Å²) in [5, 5.41) is 2.81. The smallest absolute Gasteiger partial charge is 0.265 e. The number of thiophene rings is 1. The minimum atomic E-state index is -0.181. The van der Waals surface area contributed by atoms with E-state index in [2.05, 4.69) is 5.32 Å². The molecule has 2 aromatic rings. The topological polar surface area (TPSA) is 38.3 Å². The predicted molar refractivity (Wildman–Crippen MR) is 74.9 cm³/mol. The van der Waals surface area contributed by atoms with E-state index in [-0.39, 0.29) is 5.91 Å². The number of carbonyl (C=O) groups excluding carboxylic acids is 1. The maximum atomic E-state index is 12.0. The van der Waals surface area contributed by atoms with Crippen LogP contribution in [0.1, 0.15) is 16.6 Å². The van der Waals surface area contributed by atoms with Gasteiger partial charge >= 0.3 is 0 Å². The summed E-state index contributed by atoms with van der Waals surface area (Å²) >= 11 is 7.05. The molecule has 0 fully saturated rings. The lowest BCUT2D eigenvalue weighted by Crippen LogP contribution is -2.11. The molecule has 18 heavy (non-hydrogen) atoms. The average molecular weight is 282 g/mol. The third-order valence-corrected chi connectivity index (χ3v) is 3.46. The van der Waals surface area contributed by atoms with Crippen molar-refractivity contribution in [1.29, 1.82) is 0 Å². The van der Waals surface area contributed by atoms with Crippen LogP contribution >= 0.6 is 22.9 Å². The number of ether oxygens (including phenoxy) is 1. The number of halogens is 1. The van der Waals surface area contributed by atoms with Crippen LogP contribution in [0.15, 0.2) is 36.4 Å². The number of carbonyl (C=O) groups is 1. The third kappa shape index (κ3) is 3.03. The molecule has 0 saturated carbocycles. The van der Waals surface area contributed by atoms with Gasteiger partial charge in [-0.1, -0.05) is 23.7 Å². The summed E-state index contributed by atoms with van der Waals surface area (Å²) in [6.45, 7) is 2.45. The highest BCUT2D eigenvalue weighted by molar-refractivity contribution is 7.18. The molecule has 94 valence electrons. The van der Waals surface area contributed by atoms with Gasteiger partial charge < -0.3 is 10.1 Å². The number of benzene rings is 1.